The van der Waals surface area contributed by atoms with Crippen molar-refractivity contribution >= 4 is 23.2 Å². The number of benzene rings is 1. The number of anilines is 3. The van der Waals surface area contributed by atoms with Crippen LogP contribution >= 0.6 is 0 Å². The molecule has 4 aromatic rings. The van der Waals surface area contributed by atoms with Gasteiger partial charge in [0.05, 0.1) is 17.6 Å². The van der Waals surface area contributed by atoms with E-state index in [2.05, 4.69) is 59.7 Å². The van der Waals surface area contributed by atoms with E-state index < -0.39 is 5.91 Å². The zero-order valence-corrected chi connectivity index (χ0v) is 21.7. The SMILES string of the molecule is CC[C@@H]1CNCCN1c1ccc(Nc2cc(-c3ccc([C@@H](C)c4noc(C(N)=O)n4)c(C)c3)ncn2)nc1. The van der Waals surface area contributed by atoms with Crippen molar-refractivity contribution in [2.24, 2.45) is 5.73 Å². The molecule has 0 unspecified atom stereocenters. The van der Waals surface area contributed by atoms with Crippen LogP contribution in [0.25, 0.3) is 11.3 Å². The fourth-order valence-corrected chi connectivity index (χ4v) is 4.78. The number of piperazine rings is 1. The molecule has 3 aromatic heterocycles. The van der Waals surface area contributed by atoms with Gasteiger partial charge in [0.2, 0.25) is 0 Å². The molecular formula is C27H31N9O2. The highest BCUT2D eigenvalue weighted by atomic mass is 16.5. The molecule has 0 spiro atoms. The third-order valence-electron chi connectivity index (χ3n) is 6.90. The number of carbonyl (C=O) groups excluding carboxylic acids is 1. The lowest BCUT2D eigenvalue weighted by atomic mass is 9.93. The van der Waals surface area contributed by atoms with E-state index >= 15 is 0 Å². The maximum atomic E-state index is 11.3. The minimum Gasteiger partial charge on any atom is -0.365 e. The zero-order valence-electron chi connectivity index (χ0n) is 21.7. The number of aromatic nitrogens is 5. The van der Waals surface area contributed by atoms with E-state index in [4.69, 9.17) is 10.3 Å². The third kappa shape index (κ3) is 5.32. The molecule has 38 heavy (non-hydrogen) atoms. The van der Waals surface area contributed by atoms with E-state index in [0.29, 0.717) is 17.7 Å². The van der Waals surface area contributed by atoms with Gasteiger partial charge in [0.15, 0.2) is 5.82 Å². The Morgan fingerprint density at radius 2 is 2.08 bits per heavy atom. The summed E-state index contributed by atoms with van der Waals surface area (Å²) in [6.45, 7) is 9.12. The number of pyridine rings is 1. The molecule has 4 heterocycles. The number of rotatable bonds is 8. The van der Waals surface area contributed by atoms with E-state index in [9.17, 15) is 4.79 Å². The number of carbonyl (C=O) groups is 1. The fourth-order valence-electron chi connectivity index (χ4n) is 4.78. The van der Waals surface area contributed by atoms with Gasteiger partial charge in [-0.1, -0.05) is 31.1 Å². The normalized spacial score (nSPS) is 16.3. The molecule has 1 aliphatic rings. The molecule has 196 valence electrons. The second-order valence-electron chi connectivity index (χ2n) is 9.39. The molecule has 11 heteroatoms. The lowest BCUT2D eigenvalue weighted by Gasteiger charge is -2.37. The van der Waals surface area contributed by atoms with Gasteiger partial charge in [-0.15, -0.1) is 0 Å². The molecule has 4 N–H and O–H groups in total. The van der Waals surface area contributed by atoms with Crippen LogP contribution in [-0.4, -0.2) is 56.7 Å². The maximum absolute atomic E-state index is 11.3. The summed E-state index contributed by atoms with van der Waals surface area (Å²) in [6.07, 6.45) is 4.54. The third-order valence-corrected chi connectivity index (χ3v) is 6.90. The Labute approximate surface area is 220 Å². The molecule has 11 nitrogen and oxygen atoms in total. The van der Waals surface area contributed by atoms with Gasteiger partial charge in [0, 0.05) is 43.2 Å². The number of nitrogens with one attached hydrogen (secondary N) is 2. The van der Waals surface area contributed by atoms with Gasteiger partial charge < -0.3 is 25.8 Å². The number of hydrogen-bond donors (Lipinski definition) is 3. The van der Waals surface area contributed by atoms with Gasteiger partial charge in [0.25, 0.3) is 0 Å². The van der Waals surface area contributed by atoms with Gasteiger partial charge in [-0.25, -0.2) is 15.0 Å². The molecular weight excluding hydrogens is 482 g/mol. The summed E-state index contributed by atoms with van der Waals surface area (Å²) in [7, 11) is 0. The van der Waals surface area contributed by atoms with Crippen molar-refractivity contribution < 1.29 is 9.32 Å². The number of hydrogen-bond acceptors (Lipinski definition) is 10. The van der Waals surface area contributed by atoms with Crippen LogP contribution in [0.4, 0.5) is 17.3 Å². The first-order chi connectivity index (χ1) is 18.4. The second-order valence-corrected chi connectivity index (χ2v) is 9.39. The predicted molar refractivity (Wildman–Crippen MR) is 144 cm³/mol. The lowest BCUT2D eigenvalue weighted by molar-refractivity contribution is 0.0958. The van der Waals surface area contributed by atoms with E-state index in [1.165, 1.54) is 6.33 Å². The Kier molecular flexibility index (Phi) is 7.27. The molecule has 2 atom stereocenters. The molecule has 1 saturated heterocycles. The molecule has 5 rings (SSSR count). The van der Waals surface area contributed by atoms with Crippen LogP contribution in [0.2, 0.25) is 0 Å². The van der Waals surface area contributed by atoms with Crippen LogP contribution in [0.5, 0.6) is 0 Å². The maximum Gasteiger partial charge on any atom is 0.315 e. The number of nitrogens with two attached hydrogens (primary N) is 1. The number of aryl methyl sites for hydroxylation is 1. The highest BCUT2D eigenvalue weighted by molar-refractivity contribution is 5.87. The second kappa shape index (κ2) is 10.9. The van der Waals surface area contributed by atoms with Crippen molar-refractivity contribution in [1.29, 1.82) is 0 Å². The summed E-state index contributed by atoms with van der Waals surface area (Å²) < 4.78 is 4.94. The minimum absolute atomic E-state index is 0.175. The predicted octanol–water partition coefficient (Wildman–Crippen LogP) is 3.41. The Bertz CT molecular complexity index is 1420. The summed E-state index contributed by atoms with van der Waals surface area (Å²) in [5.41, 5.74) is 10.1. The lowest BCUT2D eigenvalue weighted by Crippen LogP contribution is -2.51. The summed E-state index contributed by atoms with van der Waals surface area (Å²) in [6, 6.07) is 12.5. The molecule has 1 aliphatic heterocycles. The van der Waals surface area contributed by atoms with Gasteiger partial charge in [-0.3, -0.25) is 4.79 Å². The molecule has 0 radical (unpaired) electrons. The minimum atomic E-state index is -0.743. The smallest absolute Gasteiger partial charge is 0.315 e. The summed E-state index contributed by atoms with van der Waals surface area (Å²) >= 11 is 0. The average Bonchev–Trinajstić information content (AvgIpc) is 3.44. The molecule has 0 saturated carbocycles. The standard InChI is InChI=1S/C27H31N9O2/c1-4-19-13-29-9-10-36(19)20-6-8-23(30-14-20)33-24-12-22(31-15-32-24)18-5-7-21(16(2)11-18)17(3)26-34-27(25(28)37)38-35-26/h5-8,11-12,14-15,17,19,29H,4,9-10,13H2,1-3H3,(H2,28,37)(H,30,31,32,33)/t17-,19-/m1/s1. The summed E-state index contributed by atoms with van der Waals surface area (Å²) in [5.74, 6) is 0.671. The van der Waals surface area contributed by atoms with Crippen LogP contribution in [0, 0.1) is 6.92 Å². The van der Waals surface area contributed by atoms with Crippen LogP contribution < -0.4 is 21.3 Å². The van der Waals surface area contributed by atoms with Crippen molar-refractivity contribution in [2.45, 2.75) is 39.2 Å². The highest BCUT2D eigenvalue weighted by Crippen LogP contribution is 2.29. The zero-order chi connectivity index (χ0) is 26.6. The van der Waals surface area contributed by atoms with Crippen LogP contribution in [0.3, 0.4) is 0 Å². The topological polar surface area (TPSA) is 148 Å². The molecule has 0 aliphatic carbocycles. The first-order valence-electron chi connectivity index (χ1n) is 12.7. The summed E-state index contributed by atoms with van der Waals surface area (Å²) in [4.78, 5) is 31.3. The van der Waals surface area contributed by atoms with E-state index in [1.807, 2.05) is 44.3 Å². The van der Waals surface area contributed by atoms with E-state index in [1.54, 1.807) is 0 Å². The quantitative estimate of drug-likeness (QED) is 0.320. The van der Waals surface area contributed by atoms with Gasteiger partial charge >= 0.3 is 11.8 Å². The molecule has 1 amide bonds. The van der Waals surface area contributed by atoms with Gasteiger partial charge in [-0.2, -0.15) is 4.98 Å². The van der Waals surface area contributed by atoms with Crippen molar-refractivity contribution in [3.8, 4) is 11.3 Å². The molecule has 0 bridgehead atoms. The Balaban J connectivity index is 1.30. The van der Waals surface area contributed by atoms with Crippen molar-refractivity contribution in [3.05, 3.63) is 71.8 Å². The van der Waals surface area contributed by atoms with Gasteiger partial charge in [-0.05, 0) is 42.7 Å². The highest BCUT2D eigenvalue weighted by Gasteiger charge is 2.22. The number of amides is 1. The van der Waals surface area contributed by atoms with Crippen LogP contribution in [-0.2, 0) is 0 Å². The summed E-state index contributed by atoms with van der Waals surface area (Å²) in [5, 5.41) is 10.6. The fraction of sp³-hybridized carbons (Fsp3) is 0.333. The van der Waals surface area contributed by atoms with Crippen molar-refractivity contribution in [3.63, 3.8) is 0 Å². The largest absolute Gasteiger partial charge is 0.365 e. The monoisotopic (exact) mass is 513 g/mol. The first-order valence-corrected chi connectivity index (χ1v) is 12.7. The van der Waals surface area contributed by atoms with Crippen LogP contribution in [0.1, 0.15) is 53.8 Å². The number of primary amides is 1. The van der Waals surface area contributed by atoms with Crippen molar-refractivity contribution in [1.82, 2.24) is 30.4 Å². The van der Waals surface area contributed by atoms with Gasteiger partial charge in [0.1, 0.15) is 18.0 Å². The van der Waals surface area contributed by atoms with Crippen molar-refractivity contribution in [2.75, 3.05) is 29.9 Å². The Morgan fingerprint density at radius 3 is 2.79 bits per heavy atom. The molecule has 1 fully saturated rings. The first kappa shape index (κ1) is 25.3. The van der Waals surface area contributed by atoms with E-state index in [-0.39, 0.29) is 11.8 Å². The Hall–Kier alpha value is -4.38. The number of nitrogens with zero attached hydrogens (tertiary/aromatic N) is 6. The molecule has 1 aromatic carbocycles. The van der Waals surface area contributed by atoms with E-state index in [0.717, 1.165) is 59.9 Å². The van der Waals surface area contributed by atoms with Crippen LogP contribution in [0.15, 0.2) is 53.4 Å². The average molecular weight is 514 g/mol. The Morgan fingerprint density at radius 1 is 1.21 bits per heavy atom.